The summed E-state index contributed by atoms with van der Waals surface area (Å²) < 4.78 is 33.6. The van der Waals surface area contributed by atoms with Gasteiger partial charge >= 0.3 is 0 Å². The van der Waals surface area contributed by atoms with E-state index in [0.29, 0.717) is 0 Å². The lowest BCUT2D eigenvalue weighted by Crippen LogP contribution is -1.97. The van der Waals surface area contributed by atoms with Gasteiger partial charge in [0.25, 0.3) is 0 Å². The van der Waals surface area contributed by atoms with Crippen LogP contribution in [0.5, 0.6) is 0 Å². The van der Waals surface area contributed by atoms with E-state index in [4.69, 9.17) is 13.3 Å². The van der Waals surface area contributed by atoms with Crippen molar-refractivity contribution in [3.8, 4) is 89.8 Å². The smallest absolute Gasteiger partial charge is 0.159 e. The molecule has 9 heteroatoms. The van der Waals surface area contributed by atoms with Crippen molar-refractivity contribution in [2.24, 2.45) is 0 Å². The highest BCUT2D eigenvalue weighted by molar-refractivity contribution is 6.21. The van der Waals surface area contributed by atoms with E-state index in [1.165, 1.54) is 176 Å². The van der Waals surface area contributed by atoms with Crippen molar-refractivity contribution in [1.29, 1.82) is 0 Å². The number of hydrogen-bond donors (Lipinski definition) is 0. The average Bonchev–Trinajstić information content (AvgIpc) is 1.62. The molecule has 0 saturated carbocycles. The molecule has 0 spiro atoms. The molecule has 32 rings (SSSR count). The summed E-state index contributed by atoms with van der Waals surface area (Å²) in [5.74, 6) is 0. The fourth-order valence-electron chi connectivity index (χ4n) is 23.8. The Labute approximate surface area is 842 Å². The maximum Gasteiger partial charge on any atom is 0.159 e. The van der Waals surface area contributed by atoms with Crippen LogP contribution in [0, 0.1) is 0 Å². The molecular weight excluding hydrogens is 1790 g/mol. The summed E-state index contributed by atoms with van der Waals surface area (Å²) in [5, 5.41) is 21.6. The van der Waals surface area contributed by atoms with Crippen molar-refractivity contribution in [2.75, 3.05) is 0 Å². The van der Waals surface area contributed by atoms with Crippen LogP contribution >= 0.6 is 0 Å². The summed E-state index contributed by atoms with van der Waals surface area (Å²) in [7, 11) is 0. The van der Waals surface area contributed by atoms with E-state index < -0.39 is 0 Å². The molecule has 9 nitrogen and oxygen atoms in total. The Morgan fingerprint density at radius 3 is 0.796 bits per heavy atom. The molecule has 0 unspecified atom stereocenters. The molecule has 9 heterocycles. The molecule has 0 radical (unpaired) electrons. The standard InChI is InChI=1S/2C48H30N2O.C42H26N2O/c1-2-13-31(14-3-1)34-15-4-8-20-41(34)49-42-21-9-5-16-35(42)39-29-32(25-27-44(39)49)33-26-28-45-40(30-33)36-17-6-10-22-43(36)50(45)46-23-12-19-38-37-18-7-11-24-47(37)51-48(38)46;1-2-12-31(13-3-1)32-14-10-15-35(28-32)49-42-20-7-4-16-36(42)40-29-33(24-26-44(40)49)34-25-27-45-41(30-34)37-17-5-8-21-43(37)50(45)46-22-11-19-39-38-18-6-9-23-47(38)51-48(39)46;1-2-11-29(12-3-1)43-35-16-7-4-13-30(35)33-25-27(21-23-37(33)43)28-22-24-38-34(26-28)31-14-5-8-17-36(31)44(38)39-18-10-20-41-42(39)32-15-6-9-19-40(32)45-41/h2*1-30H;1-26H. The fraction of sp³-hybridized carbons (Fsp3) is 0. The second kappa shape index (κ2) is 33.5. The molecule has 9 aromatic heterocycles. The van der Waals surface area contributed by atoms with Crippen LogP contribution in [0.3, 0.4) is 0 Å². The number of aromatic nitrogens is 6. The van der Waals surface area contributed by atoms with Gasteiger partial charge in [0.1, 0.15) is 22.3 Å². The van der Waals surface area contributed by atoms with Gasteiger partial charge in [-0.15, -0.1) is 0 Å². The first kappa shape index (κ1) is 83.1. The van der Waals surface area contributed by atoms with Crippen LogP contribution in [0.25, 0.3) is 286 Å². The Morgan fingerprint density at radius 1 is 0.122 bits per heavy atom. The molecule has 0 aliphatic rings. The Kier molecular flexibility index (Phi) is 18.9. The zero-order chi connectivity index (χ0) is 96.4. The molecule has 23 aromatic carbocycles. The van der Waals surface area contributed by atoms with Crippen molar-refractivity contribution >= 4 is 197 Å². The molecule has 0 aliphatic heterocycles. The fourth-order valence-corrected chi connectivity index (χ4v) is 23.8. The van der Waals surface area contributed by atoms with E-state index in [1.807, 2.05) is 36.4 Å². The van der Waals surface area contributed by atoms with Gasteiger partial charge in [0.15, 0.2) is 11.2 Å². The van der Waals surface area contributed by atoms with Gasteiger partial charge in [0.2, 0.25) is 0 Å². The predicted molar refractivity (Wildman–Crippen MR) is 614 cm³/mol. The number of hydrogen-bond acceptors (Lipinski definition) is 3. The maximum absolute atomic E-state index is 6.52. The van der Waals surface area contributed by atoms with Gasteiger partial charge in [-0.25, -0.2) is 0 Å². The van der Waals surface area contributed by atoms with Crippen LogP contribution in [0.15, 0.2) is 535 Å². The highest BCUT2D eigenvalue weighted by Crippen LogP contribution is 2.49. The molecule has 0 amide bonds. The minimum atomic E-state index is 0.902. The Bertz CT molecular complexity index is 11000. The zero-order valence-electron chi connectivity index (χ0n) is 79.6. The quantitative estimate of drug-likeness (QED) is 0.130. The van der Waals surface area contributed by atoms with Gasteiger partial charge in [-0.05, 0) is 232 Å². The summed E-state index contributed by atoms with van der Waals surface area (Å²) in [5.41, 5.74) is 38.4. The minimum Gasteiger partial charge on any atom is -0.456 e. The molecule has 0 bridgehead atoms. The zero-order valence-corrected chi connectivity index (χ0v) is 79.6. The number of benzene rings is 23. The average molecular weight is 1880 g/mol. The number of nitrogens with zero attached hydrogens (tertiary/aromatic N) is 6. The molecule has 0 N–H and O–H groups in total. The van der Waals surface area contributed by atoms with Gasteiger partial charge in [0, 0.05) is 109 Å². The van der Waals surface area contributed by atoms with Gasteiger partial charge in [-0.3, -0.25) is 0 Å². The number of rotatable bonds is 11. The second-order valence-corrected chi connectivity index (χ2v) is 38.4. The third-order valence-electron chi connectivity index (χ3n) is 30.4. The lowest BCUT2D eigenvalue weighted by molar-refractivity contribution is 0.666. The third kappa shape index (κ3) is 13.2. The van der Waals surface area contributed by atoms with Crippen molar-refractivity contribution in [2.45, 2.75) is 0 Å². The van der Waals surface area contributed by atoms with Crippen LogP contribution in [-0.4, -0.2) is 27.4 Å². The summed E-state index contributed by atoms with van der Waals surface area (Å²) in [4.78, 5) is 0. The lowest BCUT2D eigenvalue weighted by Gasteiger charge is -2.14. The number of para-hydroxylation sites is 13. The Morgan fingerprint density at radius 2 is 0.374 bits per heavy atom. The first-order valence-electron chi connectivity index (χ1n) is 50.2. The molecule has 0 aliphatic carbocycles. The summed E-state index contributed by atoms with van der Waals surface area (Å²) in [6.45, 7) is 0. The normalized spacial score (nSPS) is 11.9. The number of furan rings is 3. The largest absolute Gasteiger partial charge is 0.456 e. The summed E-state index contributed by atoms with van der Waals surface area (Å²) >= 11 is 0. The summed E-state index contributed by atoms with van der Waals surface area (Å²) in [6.07, 6.45) is 0. The Hall–Kier alpha value is -19.7. The van der Waals surface area contributed by atoms with E-state index in [0.717, 1.165) is 111 Å². The summed E-state index contributed by atoms with van der Waals surface area (Å²) in [6, 6.07) is 187. The van der Waals surface area contributed by atoms with E-state index in [1.54, 1.807) is 0 Å². The Balaban J connectivity index is 0.000000102. The van der Waals surface area contributed by atoms with Crippen molar-refractivity contribution in [3.63, 3.8) is 0 Å². The lowest BCUT2D eigenvalue weighted by atomic mass is 10.0. The van der Waals surface area contributed by atoms with Crippen LogP contribution in [0.1, 0.15) is 0 Å². The van der Waals surface area contributed by atoms with E-state index in [-0.39, 0.29) is 0 Å². The highest BCUT2D eigenvalue weighted by Gasteiger charge is 2.27. The van der Waals surface area contributed by atoms with Crippen molar-refractivity contribution in [3.05, 3.63) is 522 Å². The molecule has 0 saturated heterocycles. The van der Waals surface area contributed by atoms with Crippen LogP contribution in [0.2, 0.25) is 0 Å². The van der Waals surface area contributed by atoms with E-state index in [9.17, 15) is 0 Å². The van der Waals surface area contributed by atoms with Crippen LogP contribution in [-0.2, 0) is 0 Å². The minimum absolute atomic E-state index is 0.902. The van der Waals surface area contributed by atoms with E-state index in [2.05, 4.69) is 513 Å². The van der Waals surface area contributed by atoms with Gasteiger partial charge < -0.3 is 40.7 Å². The first-order valence-corrected chi connectivity index (χ1v) is 50.2. The van der Waals surface area contributed by atoms with Crippen molar-refractivity contribution < 1.29 is 13.3 Å². The molecule has 147 heavy (non-hydrogen) atoms. The van der Waals surface area contributed by atoms with Gasteiger partial charge in [0.05, 0.1) is 94.3 Å². The second-order valence-electron chi connectivity index (χ2n) is 38.4. The monoisotopic (exact) mass is 1870 g/mol. The first-order chi connectivity index (χ1) is 72.9. The van der Waals surface area contributed by atoms with Crippen molar-refractivity contribution in [1.82, 2.24) is 27.4 Å². The van der Waals surface area contributed by atoms with Gasteiger partial charge in [-0.1, -0.05) is 340 Å². The van der Waals surface area contributed by atoms with Gasteiger partial charge in [-0.2, -0.15) is 0 Å². The highest BCUT2D eigenvalue weighted by atomic mass is 16.3. The van der Waals surface area contributed by atoms with Crippen LogP contribution < -0.4 is 0 Å². The molecule has 686 valence electrons. The molecular formula is C138H86N6O3. The third-order valence-corrected chi connectivity index (χ3v) is 30.4. The predicted octanol–water partition coefficient (Wildman–Crippen LogP) is 37.7. The van der Waals surface area contributed by atoms with E-state index >= 15 is 0 Å². The number of fused-ring (bicyclic) bond motifs is 27. The molecule has 0 atom stereocenters. The molecule has 32 aromatic rings. The maximum atomic E-state index is 6.52. The van der Waals surface area contributed by atoms with Crippen LogP contribution in [0.4, 0.5) is 0 Å². The topological polar surface area (TPSA) is 69.0 Å². The SMILES string of the molecule is c1ccc(-c2cccc(-n3c4ccccc4c4cc(-c5ccc6c(c5)c5ccccc5n6-c5cccc6c5oc5ccccc56)ccc43)c2)cc1.c1ccc(-c2ccccc2-n2c3ccccc3c3cc(-c4ccc5c(c4)c4ccccc4n5-c4cccc5c4oc4ccccc45)ccc32)cc1.c1ccc(-n2c3ccccc3c3cc(-c4ccc5c(c4)c4ccccc4n5-c4cccc5oc6ccccc6c45)ccc32)cc1. The molecule has 0 fully saturated rings.